The Kier molecular flexibility index (Phi) is 2.00. The maximum atomic E-state index is 4.03. The van der Waals surface area contributed by atoms with E-state index in [2.05, 4.69) is 59.6 Å². The third-order valence-corrected chi connectivity index (χ3v) is 2.79. The molecule has 2 nitrogen and oxygen atoms in total. The molecule has 0 fully saturated rings. The van der Waals surface area contributed by atoms with E-state index < -0.39 is 0 Å². The number of benzene rings is 2. The van der Waals surface area contributed by atoms with E-state index in [0.717, 1.165) is 10.9 Å². The number of hydrogen-bond donors (Lipinski definition) is 1. The van der Waals surface area contributed by atoms with Crippen molar-refractivity contribution in [3.8, 4) is 11.1 Å². The van der Waals surface area contributed by atoms with Gasteiger partial charge in [0.2, 0.25) is 0 Å². The van der Waals surface area contributed by atoms with Crippen molar-refractivity contribution in [2.75, 3.05) is 0 Å². The van der Waals surface area contributed by atoms with E-state index >= 15 is 0 Å². The molecule has 1 N–H and O–H groups in total. The van der Waals surface area contributed by atoms with Crippen molar-refractivity contribution in [2.45, 2.75) is 6.92 Å². The average molecular weight is 208 g/mol. The summed E-state index contributed by atoms with van der Waals surface area (Å²) in [5, 5.41) is 8.17. The van der Waals surface area contributed by atoms with Gasteiger partial charge < -0.3 is 0 Å². The van der Waals surface area contributed by atoms with Gasteiger partial charge in [-0.3, -0.25) is 5.10 Å². The molecule has 0 radical (unpaired) electrons. The molecule has 0 spiro atoms. The Morgan fingerprint density at radius 3 is 2.75 bits per heavy atom. The van der Waals surface area contributed by atoms with E-state index in [9.17, 15) is 0 Å². The monoisotopic (exact) mass is 208 g/mol. The lowest BCUT2D eigenvalue weighted by atomic mass is 10.0. The van der Waals surface area contributed by atoms with Crippen molar-refractivity contribution in [2.24, 2.45) is 0 Å². The van der Waals surface area contributed by atoms with Crippen molar-refractivity contribution in [1.82, 2.24) is 10.2 Å². The normalized spacial score (nSPS) is 10.8. The zero-order valence-electron chi connectivity index (χ0n) is 9.07. The number of nitrogens with one attached hydrogen (secondary N) is 1. The minimum Gasteiger partial charge on any atom is -0.278 e. The number of nitrogens with zero attached hydrogens (tertiary/aromatic N) is 1. The van der Waals surface area contributed by atoms with Crippen LogP contribution in [0.5, 0.6) is 0 Å². The summed E-state index contributed by atoms with van der Waals surface area (Å²) in [6.07, 6.45) is 1.84. The van der Waals surface area contributed by atoms with E-state index in [1.54, 1.807) is 0 Å². The van der Waals surface area contributed by atoms with Gasteiger partial charge in [0.25, 0.3) is 0 Å². The first-order chi connectivity index (χ1) is 7.83. The van der Waals surface area contributed by atoms with Gasteiger partial charge in [0.1, 0.15) is 0 Å². The molecular formula is C14H12N2. The summed E-state index contributed by atoms with van der Waals surface area (Å²) in [6.45, 7) is 2.11. The van der Waals surface area contributed by atoms with Crippen LogP contribution in [0, 0.1) is 6.92 Å². The molecular weight excluding hydrogens is 196 g/mol. The Bertz CT molecular complexity index is 638. The third-order valence-electron chi connectivity index (χ3n) is 2.79. The second kappa shape index (κ2) is 3.49. The van der Waals surface area contributed by atoms with E-state index in [4.69, 9.17) is 0 Å². The highest BCUT2D eigenvalue weighted by atomic mass is 15.1. The fraction of sp³-hybridized carbons (Fsp3) is 0.0714. The Morgan fingerprint density at radius 2 is 1.88 bits per heavy atom. The predicted octanol–water partition coefficient (Wildman–Crippen LogP) is 3.54. The van der Waals surface area contributed by atoms with Crippen molar-refractivity contribution < 1.29 is 0 Å². The van der Waals surface area contributed by atoms with Gasteiger partial charge in [-0.05, 0) is 24.1 Å². The molecule has 0 bridgehead atoms. The molecule has 0 atom stereocenters. The highest BCUT2D eigenvalue weighted by molar-refractivity contribution is 5.83. The first-order valence-electron chi connectivity index (χ1n) is 5.33. The molecule has 0 aliphatic rings. The summed E-state index contributed by atoms with van der Waals surface area (Å²) in [5.41, 5.74) is 4.83. The van der Waals surface area contributed by atoms with Gasteiger partial charge in [0, 0.05) is 5.39 Å². The first kappa shape index (κ1) is 9.16. The van der Waals surface area contributed by atoms with Gasteiger partial charge in [-0.15, -0.1) is 0 Å². The molecule has 78 valence electrons. The fourth-order valence-corrected chi connectivity index (χ4v) is 1.94. The van der Waals surface area contributed by atoms with Crippen LogP contribution in [0.4, 0.5) is 0 Å². The van der Waals surface area contributed by atoms with Crippen molar-refractivity contribution >= 4 is 10.9 Å². The first-order valence-corrected chi connectivity index (χ1v) is 5.33. The van der Waals surface area contributed by atoms with Crippen LogP contribution in [-0.2, 0) is 0 Å². The second-order valence-electron chi connectivity index (χ2n) is 4.04. The number of aromatic amines is 1. The largest absolute Gasteiger partial charge is 0.278 e. The lowest BCUT2D eigenvalue weighted by molar-refractivity contribution is 1.12. The van der Waals surface area contributed by atoms with Gasteiger partial charge in [0.15, 0.2) is 0 Å². The van der Waals surface area contributed by atoms with Crippen LogP contribution < -0.4 is 0 Å². The van der Waals surface area contributed by atoms with Crippen molar-refractivity contribution in [3.05, 3.63) is 54.2 Å². The van der Waals surface area contributed by atoms with E-state index in [0.29, 0.717) is 0 Å². The summed E-state index contributed by atoms with van der Waals surface area (Å²) >= 11 is 0. The summed E-state index contributed by atoms with van der Waals surface area (Å²) in [6, 6.07) is 14.9. The second-order valence-corrected chi connectivity index (χ2v) is 4.04. The molecule has 0 aliphatic carbocycles. The predicted molar refractivity (Wildman–Crippen MR) is 66.3 cm³/mol. The number of hydrogen-bond acceptors (Lipinski definition) is 1. The maximum absolute atomic E-state index is 4.03. The van der Waals surface area contributed by atoms with Crippen LogP contribution in [0.25, 0.3) is 22.0 Å². The molecule has 0 saturated carbocycles. The zero-order valence-corrected chi connectivity index (χ0v) is 9.07. The van der Waals surface area contributed by atoms with Gasteiger partial charge in [-0.2, -0.15) is 5.10 Å². The minimum atomic E-state index is 1.08. The van der Waals surface area contributed by atoms with Crippen molar-refractivity contribution in [1.29, 1.82) is 0 Å². The molecule has 16 heavy (non-hydrogen) atoms. The van der Waals surface area contributed by atoms with Gasteiger partial charge in [-0.1, -0.05) is 42.0 Å². The molecule has 3 aromatic rings. The molecule has 0 aliphatic heterocycles. The van der Waals surface area contributed by atoms with Crippen LogP contribution in [0.15, 0.2) is 48.7 Å². The van der Waals surface area contributed by atoms with Crippen LogP contribution >= 0.6 is 0 Å². The molecule has 0 amide bonds. The summed E-state index contributed by atoms with van der Waals surface area (Å²) in [5.74, 6) is 0. The number of H-pyrrole nitrogens is 1. The zero-order chi connectivity index (χ0) is 11.0. The number of rotatable bonds is 1. The van der Waals surface area contributed by atoms with Gasteiger partial charge >= 0.3 is 0 Å². The van der Waals surface area contributed by atoms with E-state index in [-0.39, 0.29) is 0 Å². The highest BCUT2D eigenvalue weighted by Gasteiger charge is 2.00. The van der Waals surface area contributed by atoms with Crippen LogP contribution in [0.3, 0.4) is 0 Å². The average Bonchev–Trinajstić information content (AvgIpc) is 2.75. The fourth-order valence-electron chi connectivity index (χ4n) is 1.94. The topological polar surface area (TPSA) is 28.7 Å². The lowest BCUT2D eigenvalue weighted by Crippen LogP contribution is -1.79. The van der Waals surface area contributed by atoms with E-state index in [1.165, 1.54) is 16.7 Å². The number of aromatic nitrogens is 2. The third kappa shape index (κ3) is 1.48. The van der Waals surface area contributed by atoms with Gasteiger partial charge in [-0.25, -0.2) is 0 Å². The molecule has 1 heterocycles. The smallest absolute Gasteiger partial charge is 0.0656 e. The minimum absolute atomic E-state index is 1.08. The molecule has 1 aromatic heterocycles. The molecule has 2 aromatic carbocycles. The Hall–Kier alpha value is -2.09. The summed E-state index contributed by atoms with van der Waals surface area (Å²) in [7, 11) is 0. The molecule has 2 heteroatoms. The van der Waals surface area contributed by atoms with E-state index in [1.807, 2.05) is 6.20 Å². The number of fused-ring (bicyclic) bond motifs is 1. The van der Waals surface area contributed by atoms with Gasteiger partial charge in [0.05, 0.1) is 11.7 Å². The van der Waals surface area contributed by atoms with Crippen LogP contribution in [-0.4, -0.2) is 10.2 Å². The SMILES string of the molecule is Cc1cccc(-c2ccc3cn[nH]c3c2)c1. The standard InChI is InChI=1S/C14H12N2/c1-10-3-2-4-11(7-10)12-5-6-13-9-15-16-14(13)8-12/h2-9H,1H3,(H,15,16). The van der Waals surface area contributed by atoms with Crippen LogP contribution in [0.2, 0.25) is 0 Å². The Balaban J connectivity index is 2.18. The maximum Gasteiger partial charge on any atom is 0.0656 e. The van der Waals surface area contributed by atoms with Crippen molar-refractivity contribution in [3.63, 3.8) is 0 Å². The quantitative estimate of drug-likeness (QED) is 0.651. The Labute approximate surface area is 93.9 Å². The number of aryl methyl sites for hydroxylation is 1. The molecule has 3 rings (SSSR count). The summed E-state index contributed by atoms with van der Waals surface area (Å²) < 4.78 is 0. The molecule has 0 unspecified atom stereocenters. The lowest BCUT2D eigenvalue weighted by Gasteiger charge is -2.02. The molecule has 0 saturated heterocycles. The van der Waals surface area contributed by atoms with Crippen LogP contribution in [0.1, 0.15) is 5.56 Å². The summed E-state index contributed by atoms with van der Waals surface area (Å²) in [4.78, 5) is 0. The highest BCUT2D eigenvalue weighted by Crippen LogP contribution is 2.23. The Morgan fingerprint density at radius 1 is 1.00 bits per heavy atom.